The first kappa shape index (κ1) is 27.5. The van der Waals surface area contributed by atoms with Crippen LogP contribution < -0.4 is 4.74 Å². The number of carbonyl (C=O) groups is 1. The van der Waals surface area contributed by atoms with Gasteiger partial charge in [0.1, 0.15) is 18.1 Å². The molecule has 40 heavy (non-hydrogen) atoms. The topological polar surface area (TPSA) is 53.0 Å². The lowest BCUT2D eigenvalue weighted by atomic mass is 9.96. The van der Waals surface area contributed by atoms with Gasteiger partial charge in [-0.15, -0.1) is 11.3 Å². The number of nitrogens with zero attached hydrogens (tertiary/aromatic N) is 2. The maximum atomic E-state index is 14.1. The molecule has 2 aliphatic heterocycles. The minimum Gasteiger partial charge on any atom is -0.508 e. The molecular formula is C33H35BrN2O3S. The molecule has 0 saturated carbocycles. The Hall–Kier alpha value is -2.71. The number of carbonyl (C=O) groups excluding carboxylic acids is 1. The molecule has 7 heteroatoms. The van der Waals surface area contributed by atoms with Crippen LogP contribution >= 0.6 is 27.3 Å². The fourth-order valence-corrected chi connectivity index (χ4v) is 7.94. The maximum Gasteiger partial charge on any atom is 0.195 e. The third kappa shape index (κ3) is 5.70. The van der Waals surface area contributed by atoms with Gasteiger partial charge in [-0.25, -0.2) is 0 Å². The molecule has 0 radical (unpaired) electrons. The van der Waals surface area contributed by atoms with Crippen LogP contribution in [0.1, 0.15) is 60.1 Å². The fraction of sp³-hybridized carbons (Fsp3) is 0.364. The summed E-state index contributed by atoms with van der Waals surface area (Å²) >= 11 is 5.31. The molecule has 208 valence electrons. The largest absolute Gasteiger partial charge is 0.508 e. The Morgan fingerprint density at radius 1 is 0.975 bits per heavy atom. The summed E-state index contributed by atoms with van der Waals surface area (Å²) in [6.07, 6.45) is 5.05. The first-order valence-corrected chi connectivity index (χ1v) is 15.9. The van der Waals surface area contributed by atoms with E-state index in [2.05, 4.69) is 38.7 Å². The molecule has 1 atom stereocenters. The first-order chi connectivity index (χ1) is 19.5. The van der Waals surface area contributed by atoms with Crippen LogP contribution in [-0.2, 0) is 0 Å². The molecule has 1 aromatic heterocycles. The lowest BCUT2D eigenvalue weighted by Gasteiger charge is -2.25. The highest BCUT2D eigenvalue weighted by Crippen LogP contribution is 2.42. The Morgan fingerprint density at radius 3 is 2.42 bits per heavy atom. The molecule has 2 fully saturated rings. The van der Waals surface area contributed by atoms with Crippen molar-refractivity contribution < 1.29 is 14.6 Å². The van der Waals surface area contributed by atoms with E-state index in [1.807, 2.05) is 42.5 Å². The number of hydrogen-bond acceptors (Lipinski definition) is 6. The Bertz CT molecular complexity index is 1500. The number of fused-ring (bicyclic) bond motifs is 1. The van der Waals surface area contributed by atoms with Crippen LogP contribution in [0.3, 0.4) is 0 Å². The zero-order chi connectivity index (χ0) is 27.6. The van der Waals surface area contributed by atoms with E-state index in [1.54, 1.807) is 12.1 Å². The van der Waals surface area contributed by atoms with E-state index in [9.17, 15) is 9.90 Å². The minimum absolute atomic E-state index is 0.0149. The number of rotatable bonds is 9. The second-order valence-electron chi connectivity index (χ2n) is 10.9. The van der Waals surface area contributed by atoms with Crippen LogP contribution in [0.2, 0.25) is 0 Å². The van der Waals surface area contributed by atoms with Gasteiger partial charge < -0.3 is 9.84 Å². The summed E-state index contributed by atoms with van der Waals surface area (Å²) in [6, 6.07) is 19.6. The lowest BCUT2D eigenvalue weighted by molar-refractivity contribution is 0.104. The SMILES string of the molecule is CC(c1ccc(C(=O)c2c(-c3ccc(OCCN4CCCC4)cc3)sc3cc(O)ccc23)cc1Br)N1CCCC1. The van der Waals surface area contributed by atoms with E-state index in [0.29, 0.717) is 23.8 Å². The van der Waals surface area contributed by atoms with Crippen molar-refractivity contribution in [2.24, 2.45) is 0 Å². The van der Waals surface area contributed by atoms with Gasteiger partial charge in [-0.3, -0.25) is 14.6 Å². The molecule has 1 N–H and O–H groups in total. The quantitative estimate of drug-likeness (QED) is 0.193. The van der Waals surface area contributed by atoms with Crippen molar-refractivity contribution in [1.29, 1.82) is 0 Å². The summed E-state index contributed by atoms with van der Waals surface area (Å²) in [6.45, 7) is 8.43. The van der Waals surface area contributed by atoms with E-state index in [1.165, 1.54) is 42.6 Å². The van der Waals surface area contributed by atoms with E-state index >= 15 is 0 Å². The highest BCUT2D eigenvalue weighted by molar-refractivity contribution is 9.10. The van der Waals surface area contributed by atoms with Crippen molar-refractivity contribution in [1.82, 2.24) is 9.80 Å². The van der Waals surface area contributed by atoms with Gasteiger partial charge in [-0.2, -0.15) is 0 Å². The summed E-state index contributed by atoms with van der Waals surface area (Å²) in [4.78, 5) is 20.0. The van der Waals surface area contributed by atoms with Crippen LogP contribution in [0.25, 0.3) is 20.5 Å². The number of halogens is 1. The van der Waals surface area contributed by atoms with Crippen molar-refractivity contribution in [3.8, 4) is 21.9 Å². The predicted octanol–water partition coefficient (Wildman–Crippen LogP) is 7.90. The van der Waals surface area contributed by atoms with E-state index in [4.69, 9.17) is 4.74 Å². The number of thiophene rings is 1. The number of hydrogen-bond donors (Lipinski definition) is 1. The smallest absolute Gasteiger partial charge is 0.195 e. The minimum atomic E-state index is -0.0149. The second-order valence-corrected chi connectivity index (χ2v) is 12.8. The van der Waals surface area contributed by atoms with E-state index in [0.717, 1.165) is 63.5 Å². The Kier molecular flexibility index (Phi) is 8.26. The van der Waals surface area contributed by atoms with Gasteiger partial charge in [0.05, 0.1) is 0 Å². The molecule has 5 nitrogen and oxygen atoms in total. The third-order valence-corrected chi connectivity index (χ3v) is 10.2. The summed E-state index contributed by atoms with van der Waals surface area (Å²) < 4.78 is 7.87. The molecule has 0 amide bonds. The van der Waals surface area contributed by atoms with Crippen molar-refractivity contribution in [2.75, 3.05) is 39.3 Å². The van der Waals surface area contributed by atoms with Crippen molar-refractivity contribution in [3.05, 3.63) is 81.8 Å². The Balaban J connectivity index is 1.28. The highest BCUT2D eigenvalue weighted by Gasteiger charge is 2.25. The monoisotopic (exact) mass is 618 g/mol. The molecule has 1 unspecified atom stereocenters. The molecule has 6 rings (SSSR count). The number of aromatic hydroxyl groups is 1. The van der Waals surface area contributed by atoms with Gasteiger partial charge in [0, 0.05) is 43.1 Å². The summed E-state index contributed by atoms with van der Waals surface area (Å²) in [7, 11) is 0. The van der Waals surface area contributed by atoms with Gasteiger partial charge in [0.2, 0.25) is 0 Å². The highest BCUT2D eigenvalue weighted by atomic mass is 79.9. The number of phenols is 1. The number of phenolic OH excluding ortho intramolecular Hbond substituents is 1. The van der Waals surface area contributed by atoms with Crippen LogP contribution in [0.5, 0.6) is 11.5 Å². The van der Waals surface area contributed by atoms with Crippen LogP contribution in [0.4, 0.5) is 0 Å². The molecule has 3 aromatic carbocycles. The van der Waals surface area contributed by atoms with Gasteiger partial charge in [0.15, 0.2) is 5.78 Å². The van der Waals surface area contributed by atoms with E-state index in [-0.39, 0.29) is 11.5 Å². The van der Waals surface area contributed by atoms with Crippen LogP contribution in [0.15, 0.2) is 65.1 Å². The van der Waals surface area contributed by atoms with Crippen LogP contribution in [0, 0.1) is 0 Å². The molecular weight excluding hydrogens is 584 g/mol. The average Bonchev–Trinajstić information content (AvgIpc) is 3.74. The molecule has 2 aliphatic rings. The predicted molar refractivity (Wildman–Crippen MR) is 167 cm³/mol. The lowest BCUT2D eigenvalue weighted by Crippen LogP contribution is -2.25. The maximum absolute atomic E-state index is 14.1. The zero-order valence-electron chi connectivity index (χ0n) is 22.9. The number of ketones is 1. The summed E-state index contributed by atoms with van der Waals surface area (Å²) in [5.74, 6) is 1.02. The van der Waals surface area contributed by atoms with Crippen molar-refractivity contribution in [3.63, 3.8) is 0 Å². The summed E-state index contributed by atoms with van der Waals surface area (Å²) in [5.41, 5.74) is 3.50. The Morgan fingerprint density at radius 2 is 1.70 bits per heavy atom. The Labute approximate surface area is 248 Å². The number of likely N-dealkylation sites (tertiary alicyclic amines) is 2. The molecule has 3 heterocycles. The van der Waals surface area contributed by atoms with Gasteiger partial charge in [0.25, 0.3) is 0 Å². The van der Waals surface area contributed by atoms with Gasteiger partial charge in [-0.05, 0) is 118 Å². The number of ether oxygens (including phenoxy) is 1. The van der Waals surface area contributed by atoms with Gasteiger partial charge in [-0.1, -0.05) is 28.1 Å². The van der Waals surface area contributed by atoms with Crippen LogP contribution in [-0.4, -0.2) is 60.0 Å². The molecule has 4 aromatic rings. The zero-order valence-corrected chi connectivity index (χ0v) is 25.3. The second kappa shape index (κ2) is 12.0. The summed E-state index contributed by atoms with van der Waals surface area (Å²) in [5, 5.41) is 11.0. The molecule has 0 spiro atoms. The number of benzene rings is 3. The average molecular weight is 620 g/mol. The third-order valence-electron chi connectivity index (χ3n) is 8.29. The molecule has 0 bridgehead atoms. The van der Waals surface area contributed by atoms with Crippen molar-refractivity contribution in [2.45, 2.75) is 38.6 Å². The molecule has 0 aliphatic carbocycles. The van der Waals surface area contributed by atoms with Gasteiger partial charge >= 0.3 is 0 Å². The normalized spacial score (nSPS) is 17.1. The first-order valence-electron chi connectivity index (χ1n) is 14.3. The molecule has 2 saturated heterocycles. The van der Waals surface area contributed by atoms with Crippen molar-refractivity contribution >= 4 is 43.1 Å². The fourth-order valence-electron chi connectivity index (χ4n) is 5.99. The van der Waals surface area contributed by atoms with E-state index < -0.39 is 0 Å². The standard InChI is InChI=1S/C33H35BrN2O3S/c1-22(36-16-4-5-17-36)27-12-8-24(20-29(27)34)32(38)31-28-13-9-25(37)21-30(28)40-33(31)23-6-10-26(11-7-23)39-19-18-35-14-2-3-15-35/h6-13,20-22,37H,2-5,14-19H2,1H3.